The molecule has 0 aromatic heterocycles. The number of carbonyl (C=O) groups excluding carboxylic acids is 2. The van der Waals surface area contributed by atoms with Crippen LogP contribution in [0.4, 0.5) is 39.5 Å². The predicted octanol–water partition coefficient (Wildman–Crippen LogP) is 6.54. The normalized spacial score (nSPS) is 13.8. The Morgan fingerprint density at radius 1 is 0.879 bits per heavy atom. The number of carbonyl (C=O) groups is 2. The van der Waals surface area contributed by atoms with Crippen molar-refractivity contribution in [2.45, 2.75) is 24.6 Å². The third kappa shape index (κ3) is 6.98. The smallest absolute Gasteiger partial charge is 0.337 e. The molecule has 1 atom stereocenters. The summed E-state index contributed by atoms with van der Waals surface area (Å²) in [5.41, 5.74) is -4.87. The van der Waals surface area contributed by atoms with Gasteiger partial charge in [0.15, 0.2) is 6.04 Å². The second kappa shape index (κ2) is 9.46. The number of amides is 1. The van der Waals surface area contributed by atoms with Crippen LogP contribution in [0.3, 0.4) is 0 Å². The molecule has 33 heavy (non-hydrogen) atoms. The highest BCUT2D eigenvalue weighted by Crippen LogP contribution is 2.36. The van der Waals surface area contributed by atoms with E-state index in [-0.39, 0.29) is 11.6 Å². The molecule has 1 amide bonds. The molecule has 0 bridgehead atoms. The molecule has 0 spiro atoms. The zero-order valence-electron chi connectivity index (χ0n) is 15.9. The van der Waals surface area contributed by atoms with Crippen molar-refractivity contribution in [1.29, 1.82) is 0 Å². The lowest BCUT2D eigenvalue weighted by molar-refractivity contribution is -0.162. The van der Waals surface area contributed by atoms with Crippen LogP contribution in [0.5, 0.6) is 0 Å². The Morgan fingerprint density at radius 2 is 1.52 bits per heavy atom. The van der Waals surface area contributed by atoms with Crippen LogP contribution in [0, 0.1) is 0 Å². The average Bonchev–Trinajstić information content (AvgIpc) is 2.68. The number of alkyl halides is 9. The third-order valence-electron chi connectivity index (χ3n) is 4.15. The van der Waals surface area contributed by atoms with Gasteiger partial charge in [0, 0.05) is 11.6 Å². The fourth-order valence-electron chi connectivity index (χ4n) is 2.68. The molecule has 2 aromatic rings. The topological polar surface area (TPSA) is 46.2 Å². The minimum atomic E-state index is -5.18. The lowest BCUT2D eigenvalue weighted by Gasteiger charge is -2.22. The van der Waals surface area contributed by atoms with E-state index in [1.807, 2.05) is 0 Å². The molecule has 3 nitrogen and oxygen atoms in total. The Morgan fingerprint density at radius 3 is 2.03 bits per heavy atom. The van der Waals surface area contributed by atoms with E-state index < -0.39 is 58.0 Å². The van der Waals surface area contributed by atoms with Crippen molar-refractivity contribution in [3.8, 4) is 0 Å². The van der Waals surface area contributed by atoms with E-state index in [1.165, 1.54) is 5.32 Å². The molecule has 0 aliphatic heterocycles. The first-order valence-electron chi connectivity index (χ1n) is 8.63. The third-order valence-corrected chi connectivity index (χ3v) is 4.35. The maximum Gasteiger partial charge on any atom is 0.417 e. The Labute approximate surface area is 184 Å². The van der Waals surface area contributed by atoms with Gasteiger partial charge in [-0.1, -0.05) is 18.2 Å². The molecule has 0 aliphatic carbocycles. The Kier molecular flexibility index (Phi) is 7.52. The summed E-state index contributed by atoms with van der Waals surface area (Å²) in [6.07, 6.45) is -13.9. The maximum absolute atomic E-state index is 13.4. The molecule has 1 N–H and O–H groups in total. The Balaban J connectivity index is 2.31. The van der Waals surface area contributed by atoms with Gasteiger partial charge in [0.2, 0.25) is 5.91 Å². The monoisotopic (exact) mass is 503 g/mol. The van der Waals surface area contributed by atoms with E-state index in [0.717, 1.165) is 30.3 Å². The van der Waals surface area contributed by atoms with E-state index in [4.69, 9.17) is 11.6 Å². The van der Waals surface area contributed by atoms with E-state index in [0.29, 0.717) is 18.2 Å². The van der Waals surface area contributed by atoms with E-state index >= 15 is 0 Å². The van der Waals surface area contributed by atoms with Gasteiger partial charge in [-0.05, 0) is 53.1 Å². The van der Waals surface area contributed by atoms with Crippen molar-refractivity contribution in [3.05, 3.63) is 76.4 Å². The second-order valence-electron chi connectivity index (χ2n) is 6.52. The van der Waals surface area contributed by atoms with Gasteiger partial charge in [-0.2, -0.15) is 39.5 Å². The molecular weight excluding hydrogens is 493 g/mol. The van der Waals surface area contributed by atoms with Gasteiger partial charge in [0.05, 0.1) is 11.1 Å². The zero-order chi connectivity index (χ0) is 25.2. The molecule has 13 heteroatoms. The van der Waals surface area contributed by atoms with Crippen molar-refractivity contribution < 1.29 is 49.1 Å². The van der Waals surface area contributed by atoms with E-state index in [1.54, 1.807) is 0 Å². The van der Waals surface area contributed by atoms with Gasteiger partial charge in [0.25, 0.3) is 5.24 Å². The number of rotatable bonds is 5. The number of hydrogen-bond donors (Lipinski definition) is 1. The molecule has 0 heterocycles. The van der Waals surface area contributed by atoms with Crippen LogP contribution in [-0.2, 0) is 17.1 Å². The van der Waals surface area contributed by atoms with Gasteiger partial charge in [-0.25, -0.2) is 0 Å². The fraction of sp³-hybridized carbons (Fsp3) is 0.200. The quantitative estimate of drug-likeness (QED) is 0.286. The lowest BCUT2D eigenvalue weighted by Crippen LogP contribution is -2.37. The molecule has 0 aliphatic rings. The van der Waals surface area contributed by atoms with Crippen LogP contribution in [0.2, 0.25) is 0 Å². The highest BCUT2D eigenvalue weighted by Gasteiger charge is 2.42. The van der Waals surface area contributed by atoms with E-state index in [2.05, 4.69) is 0 Å². The summed E-state index contributed by atoms with van der Waals surface area (Å²) in [6, 6.07) is 1.55. The average molecular weight is 504 g/mol. The fourth-order valence-corrected chi connectivity index (χ4v) is 2.85. The summed E-state index contributed by atoms with van der Waals surface area (Å²) < 4.78 is 118. The largest absolute Gasteiger partial charge is 0.417 e. The van der Waals surface area contributed by atoms with Gasteiger partial charge < -0.3 is 5.32 Å². The zero-order valence-corrected chi connectivity index (χ0v) is 16.6. The van der Waals surface area contributed by atoms with Crippen molar-refractivity contribution in [3.63, 3.8) is 0 Å². The van der Waals surface area contributed by atoms with Crippen LogP contribution in [0.15, 0.2) is 48.5 Å². The molecule has 0 saturated heterocycles. The minimum Gasteiger partial charge on any atom is -0.337 e. The molecule has 178 valence electrons. The molecule has 1 unspecified atom stereocenters. The Hall–Kier alpha value is -3.02. The highest BCUT2D eigenvalue weighted by molar-refractivity contribution is 6.67. The highest BCUT2D eigenvalue weighted by atomic mass is 35.5. The molecule has 2 aromatic carbocycles. The molecule has 0 fully saturated rings. The maximum atomic E-state index is 13.4. The van der Waals surface area contributed by atoms with Gasteiger partial charge >= 0.3 is 18.5 Å². The number of benzene rings is 2. The number of hydrogen-bond acceptors (Lipinski definition) is 2. The molecule has 0 radical (unpaired) electrons. The molecule has 0 saturated carbocycles. The van der Waals surface area contributed by atoms with Crippen LogP contribution < -0.4 is 5.32 Å². The summed E-state index contributed by atoms with van der Waals surface area (Å²) in [7, 11) is 0. The van der Waals surface area contributed by atoms with Crippen LogP contribution in [0.1, 0.15) is 38.7 Å². The summed E-state index contributed by atoms with van der Waals surface area (Å²) in [5.74, 6) is -1.44. The van der Waals surface area contributed by atoms with Crippen molar-refractivity contribution in [2.75, 3.05) is 0 Å². The predicted molar refractivity (Wildman–Crippen MR) is 99.0 cm³/mol. The van der Waals surface area contributed by atoms with Gasteiger partial charge in [-0.3, -0.25) is 9.59 Å². The lowest BCUT2D eigenvalue weighted by atomic mass is 10.0. The Bertz CT molecular complexity index is 1070. The molecule has 2 rings (SSSR count). The van der Waals surface area contributed by atoms with Gasteiger partial charge in [-0.15, -0.1) is 0 Å². The first-order valence-corrected chi connectivity index (χ1v) is 9.01. The second-order valence-corrected chi connectivity index (χ2v) is 6.86. The van der Waals surface area contributed by atoms with Gasteiger partial charge in [0.1, 0.15) is 0 Å². The standard InChI is InChI=1S/C20H11ClF9NO2/c21-17(33)13-6-4-10(8-14(13)19(25,26)27)5-7-15(32)31-16(20(28,29)30)11-2-1-3-12(9-11)18(22,23)24/h1-9,16H,(H,31,32). The first kappa shape index (κ1) is 26.2. The number of halogens is 10. The minimum absolute atomic E-state index is 0.222. The summed E-state index contributed by atoms with van der Waals surface area (Å²) in [5, 5.41) is 0.0827. The first-order chi connectivity index (χ1) is 15.0. The summed E-state index contributed by atoms with van der Waals surface area (Å²) in [4.78, 5) is 23.1. The number of nitrogens with one attached hydrogen (secondary N) is 1. The summed E-state index contributed by atoms with van der Waals surface area (Å²) >= 11 is 5.09. The summed E-state index contributed by atoms with van der Waals surface area (Å²) in [6.45, 7) is 0. The van der Waals surface area contributed by atoms with Crippen LogP contribution >= 0.6 is 11.6 Å². The van der Waals surface area contributed by atoms with Crippen LogP contribution in [0.25, 0.3) is 6.08 Å². The van der Waals surface area contributed by atoms with Crippen molar-refractivity contribution >= 4 is 28.8 Å². The van der Waals surface area contributed by atoms with Crippen LogP contribution in [-0.4, -0.2) is 17.3 Å². The SMILES string of the molecule is O=C(C=Cc1ccc(C(=O)Cl)c(C(F)(F)F)c1)NC(c1cccc(C(F)(F)F)c1)C(F)(F)F. The van der Waals surface area contributed by atoms with E-state index in [9.17, 15) is 49.1 Å². The molecular formula is C20H11ClF9NO2. The van der Waals surface area contributed by atoms with Crippen molar-refractivity contribution in [2.24, 2.45) is 0 Å². The van der Waals surface area contributed by atoms with Crippen molar-refractivity contribution in [1.82, 2.24) is 5.32 Å².